The number of ether oxygens (including phenoxy) is 1. The molecule has 0 unspecified atom stereocenters. The lowest BCUT2D eigenvalue weighted by Crippen LogP contribution is -2.37. The molecule has 0 atom stereocenters. The fourth-order valence-electron chi connectivity index (χ4n) is 2.55. The smallest absolute Gasteiger partial charge is 0.411 e. The first-order chi connectivity index (χ1) is 13.7. The highest BCUT2D eigenvalue weighted by molar-refractivity contribution is 14.0. The molecule has 0 aliphatic carbocycles. The number of guanidine groups is 1. The summed E-state index contributed by atoms with van der Waals surface area (Å²) in [5.74, 6) is 1.49. The monoisotopic (exact) mass is 509 g/mol. The van der Waals surface area contributed by atoms with Crippen molar-refractivity contribution in [3.63, 3.8) is 0 Å². The first-order valence-electron chi connectivity index (χ1n) is 8.94. The van der Waals surface area contributed by atoms with Gasteiger partial charge in [0, 0.05) is 18.4 Å². The molecule has 3 rings (SSSR count). The Morgan fingerprint density at radius 1 is 1.14 bits per heavy atom. The Kier molecular flexibility index (Phi) is 8.65. The third-order valence-electron chi connectivity index (χ3n) is 3.95. The number of fused-ring (bicyclic) bond motifs is 1. The predicted octanol–water partition coefficient (Wildman–Crippen LogP) is 2.78. The van der Waals surface area contributed by atoms with Crippen molar-refractivity contribution in [2.75, 3.05) is 19.0 Å². The molecule has 10 heteroatoms. The van der Waals surface area contributed by atoms with Gasteiger partial charge in [0.15, 0.2) is 17.4 Å². The summed E-state index contributed by atoms with van der Waals surface area (Å²) in [6.07, 6.45) is 1.44. The molecule has 0 saturated heterocycles. The number of hydrogen-bond donors (Lipinski definition) is 3. The maximum Gasteiger partial charge on any atom is 0.411 e. The minimum absolute atomic E-state index is 0. The lowest BCUT2D eigenvalue weighted by Gasteiger charge is -2.11. The first kappa shape index (κ1) is 22.4. The Hall–Kier alpha value is -2.89. The van der Waals surface area contributed by atoms with Crippen LogP contribution in [0.4, 0.5) is 10.5 Å². The van der Waals surface area contributed by atoms with E-state index in [0.29, 0.717) is 24.7 Å². The number of methoxy groups -OCH3 is 1. The van der Waals surface area contributed by atoms with E-state index in [4.69, 9.17) is 0 Å². The number of aliphatic imine (C=N–C) groups is 1. The van der Waals surface area contributed by atoms with Gasteiger partial charge in [-0.15, -0.1) is 34.2 Å². The van der Waals surface area contributed by atoms with Crippen LogP contribution in [0.2, 0.25) is 0 Å². The van der Waals surface area contributed by atoms with Gasteiger partial charge in [-0.25, -0.2) is 9.79 Å². The summed E-state index contributed by atoms with van der Waals surface area (Å²) in [7, 11) is 1.33. The van der Waals surface area contributed by atoms with Crippen molar-refractivity contribution in [2.24, 2.45) is 4.99 Å². The van der Waals surface area contributed by atoms with Crippen molar-refractivity contribution in [3.05, 3.63) is 60.0 Å². The number of aromatic nitrogens is 3. The van der Waals surface area contributed by atoms with Gasteiger partial charge in [-0.05, 0) is 36.8 Å². The van der Waals surface area contributed by atoms with Crippen molar-refractivity contribution in [2.45, 2.75) is 20.0 Å². The Morgan fingerprint density at radius 2 is 1.93 bits per heavy atom. The quantitative estimate of drug-likeness (QED) is 0.268. The second kappa shape index (κ2) is 11.2. The van der Waals surface area contributed by atoms with Gasteiger partial charge in [0.05, 0.1) is 20.2 Å². The van der Waals surface area contributed by atoms with Gasteiger partial charge in [-0.3, -0.25) is 9.72 Å². The molecule has 0 aliphatic rings. The van der Waals surface area contributed by atoms with Crippen LogP contribution < -0.4 is 16.0 Å². The minimum Gasteiger partial charge on any atom is -0.453 e. The third-order valence-corrected chi connectivity index (χ3v) is 3.95. The van der Waals surface area contributed by atoms with Gasteiger partial charge < -0.3 is 15.4 Å². The van der Waals surface area contributed by atoms with Gasteiger partial charge in [0.2, 0.25) is 0 Å². The molecule has 29 heavy (non-hydrogen) atoms. The molecule has 1 amide bonds. The van der Waals surface area contributed by atoms with E-state index in [0.717, 1.165) is 23.6 Å². The van der Waals surface area contributed by atoms with Gasteiger partial charge in [0.25, 0.3) is 0 Å². The first-order valence-corrected chi connectivity index (χ1v) is 8.94. The van der Waals surface area contributed by atoms with Crippen molar-refractivity contribution < 1.29 is 9.53 Å². The Morgan fingerprint density at radius 3 is 2.66 bits per heavy atom. The van der Waals surface area contributed by atoms with Crippen LogP contribution >= 0.6 is 24.0 Å². The molecular formula is C19H24IN7O2. The number of hydrogen-bond acceptors (Lipinski definition) is 5. The van der Waals surface area contributed by atoms with E-state index in [9.17, 15) is 4.79 Å². The number of halogens is 1. The number of rotatable bonds is 6. The summed E-state index contributed by atoms with van der Waals surface area (Å²) < 4.78 is 6.51. The molecular weight excluding hydrogens is 485 g/mol. The highest BCUT2D eigenvalue weighted by atomic mass is 127. The lowest BCUT2D eigenvalue weighted by atomic mass is 10.2. The van der Waals surface area contributed by atoms with Gasteiger partial charge >= 0.3 is 6.09 Å². The van der Waals surface area contributed by atoms with Crippen LogP contribution in [0.3, 0.4) is 0 Å². The van der Waals surface area contributed by atoms with Crippen molar-refractivity contribution >= 4 is 47.4 Å². The van der Waals surface area contributed by atoms with Gasteiger partial charge in [-0.2, -0.15) is 0 Å². The molecule has 2 heterocycles. The number of benzene rings is 1. The van der Waals surface area contributed by atoms with Crippen LogP contribution in [0.1, 0.15) is 18.3 Å². The highest BCUT2D eigenvalue weighted by Crippen LogP contribution is 2.10. The SMILES string of the molecule is CCNC(=NCc1ccc(NC(=O)OC)cc1)NCc1nnc2ccccn12.I. The average molecular weight is 509 g/mol. The van der Waals surface area contributed by atoms with Crippen LogP contribution in [0.25, 0.3) is 5.65 Å². The van der Waals surface area contributed by atoms with Crippen molar-refractivity contribution in [3.8, 4) is 0 Å². The number of carbonyl (C=O) groups is 1. The molecule has 0 saturated carbocycles. The number of anilines is 1. The molecule has 2 aromatic heterocycles. The second-order valence-electron chi connectivity index (χ2n) is 5.91. The fraction of sp³-hybridized carbons (Fsp3) is 0.263. The average Bonchev–Trinajstić information content (AvgIpc) is 3.14. The normalized spacial score (nSPS) is 10.9. The van der Waals surface area contributed by atoms with Crippen LogP contribution in [-0.2, 0) is 17.8 Å². The molecule has 0 aliphatic heterocycles. The van der Waals surface area contributed by atoms with E-state index in [-0.39, 0.29) is 24.0 Å². The van der Waals surface area contributed by atoms with Gasteiger partial charge in [0.1, 0.15) is 0 Å². The number of nitrogens with one attached hydrogen (secondary N) is 3. The number of nitrogens with zero attached hydrogens (tertiary/aromatic N) is 4. The minimum atomic E-state index is -0.495. The van der Waals surface area contributed by atoms with Crippen molar-refractivity contribution in [1.29, 1.82) is 0 Å². The zero-order valence-corrected chi connectivity index (χ0v) is 18.6. The highest BCUT2D eigenvalue weighted by Gasteiger charge is 2.06. The Labute approximate surface area is 186 Å². The van der Waals surface area contributed by atoms with Crippen molar-refractivity contribution in [1.82, 2.24) is 25.2 Å². The van der Waals surface area contributed by atoms with E-state index < -0.39 is 6.09 Å². The summed E-state index contributed by atoms with van der Waals surface area (Å²) in [4.78, 5) is 15.8. The summed E-state index contributed by atoms with van der Waals surface area (Å²) >= 11 is 0. The zero-order valence-electron chi connectivity index (χ0n) is 16.3. The standard InChI is InChI=1S/C19H23N7O2.HI/c1-3-20-18(22-13-17-25-24-16-6-4-5-11-26(16)17)21-12-14-7-9-15(10-8-14)23-19(27)28-2;/h4-11H,3,12-13H2,1-2H3,(H,23,27)(H2,20,21,22);1H. The van der Waals surface area contributed by atoms with Gasteiger partial charge in [-0.1, -0.05) is 18.2 Å². The fourth-order valence-corrected chi connectivity index (χ4v) is 2.55. The van der Waals surface area contributed by atoms with Crippen LogP contribution in [-0.4, -0.2) is 40.3 Å². The number of amides is 1. The Bertz CT molecular complexity index is 957. The second-order valence-corrected chi connectivity index (χ2v) is 5.91. The topological polar surface area (TPSA) is 105 Å². The Balaban J connectivity index is 0.00000300. The van der Waals surface area contributed by atoms with Crippen LogP contribution in [0.5, 0.6) is 0 Å². The van der Waals surface area contributed by atoms with Crippen LogP contribution in [0, 0.1) is 0 Å². The molecule has 0 bridgehead atoms. The molecule has 0 fully saturated rings. The molecule has 154 valence electrons. The summed E-state index contributed by atoms with van der Waals surface area (Å²) in [5.41, 5.74) is 2.49. The number of pyridine rings is 1. The van der Waals surface area contributed by atoms with E-state index in [1.807, 2.05) is 60.0 Å². The molecule has 3 N–H and O–H groups in total. The summed E-state index contributed by atoms with van der Waals surface area (Å²) in [6.45, 7) is 3.75. The lowest BCUT2D eigenvalue weighted by molar-refractivity contribution is 0.187. The molecule has 1 aromatic carbocycles. The van der Waals surface area contributed by atoms with E-state index in [2.05, 4.69) is 35.9 Å². The van der Waals surface area contributed by atoms with E-state index >= 15 is 0 Å². The third kappa shape index (κ3) is 6.31. The molecule has 9 nitrogen and oxygen atoms in total. The summed E-state index contributed by atoms with van der Waals surface area (Å²) in [5, 5.41) is 17.5. The number of carbonyl (C=O) groups excluding carboxylic acids is 1. The van der Waals surface area contributed by atoms with E-state index in [1.165, 1.54) is 7.11 Å². The molecule has 0 spiro atoms. The zero-order chi connectivity index (χ0) is 19.8. The largest absolute Gasteiger partial charge is 0.453 e. The molecule has 3 aromatic rings. The summed E-state index contributed by atoms with van der Waals surface area (Å²) in [6, 6.07) is 13.2. The van der Waals surface area contributed by atoms with Crippen LogP contribution in [0.15, 0.2) is 53.7 Å². The molecule has 0 radical (unpaired) electrons. The van der Waals surface area contributed by atoms with E-state index in [1.54, 1.807) is 0 Å². The maximum absolute atomic E-state index is 11.2. The predicted molar refractivity (Wildman–Crippen MR) is 123 cm³/mol. The maximum atomic E-state index is 11.2.